The van der Waals surface area contributed by atoms with Crippen molar-refractivity contribution in [3.05, 3.63) is 42.9 Å². The molecule has 1 aliphatic heterocycles. The first-order valence-corrected chi connectivity index (χ1v) is 6.20. The van der Waals surface area contributed by atoms with Crippen LogP contribution in [0.3, 0.4) is 0 Å². The summed E-state index contributed by atoms with van der Waals surface area (Å²) >= 11 is 0. The minimum atomic E-state index is 0.742. The Hall–Kier alpha value is -1.61. The molecule has 1 atom stereocenters. The van der Waals surface area contributed by atoms with Gasteiger partial charge in [0.1, 0.15) is 0 Å². The molecule has 88 valence electrons. The molecule has 1 fully saturated rings. The van der Waals surface area contributed by atoms with Gasteiger partial charge in [0.25, 0.3) is 0 Å². The molecule has 1 aliphatic rings. The lowest BCUT2D eigenvalue weighted by Gasteiger charge is -2.12. The molecule has 0 aliphatic carbocycles. The van der Waals surface area contributed by atoms with Gasteiger partial charge in [-0.3, -0.25) is 0 Å². The van der Waals surface area contributed by atoms with Crippen LogP contribution in [-0.4, -0.2) is 22.6 Å². The van der Waals surface area contributed by atoms with Crippen LogP contribution in [0.25, 0.3) is 11.3 Å². The summed E-state index contributed by atoms with van der Waals surface area (Å²) in [6.45, 7) is 3.35. The van der Waals surface area contributed by atoms with E-state index in [-0.39, 0.29) is 0 Å². The van der Waals surface area contributed by atoms with Gasteiger partial charge < -0.3 is 9.88 Å². The van der Waals surface area contributed by atoms with Crippen molar-refractivity contribution < 1.29 is 0 Å². The second-order valence-electron chi connectivity index (χ2n) is 4.66. The van der Waals surface area contributed by atoms with Crippen molar-refractivity contribution in [2.75, 3.05) is 13.1 Å². The molecule has 1 N–H and O–H groups in total. The molecule has 0 radical (unpaired) electrons. The largest absolute Gasteiger partial charge is 0.330 e. The number of aromatic nitrogens is 2. The number of benzene rings is 1. The van der Waals surface area contributed by atoms with Gasteiger partial charge in [0.05, 0.1) is 18.2 Å². The quantitative estimate of drug-likeness (QED) is 0.870. The van der Waals surface area contributed by atoms with Crippen molar-refractivity contribution in [2.45, 2.75) is 13.0 Å². The summed E-state index contributed by atoms with van der Waals surface area (Å²) < 4.78 is 2.27. The predicted molar refractivity (Wildman–Crippen MR) is 68.6 cm³/mol. The van der Waals surface area contributed by atoms with Gasteiger partial charge in [0, 0.05) is 6.54 Å². The Morgan fingerprint density at radius 2 is 2.18 bits per heavy atom. The van der Waals surface area contributed by atoms with Crippen molar-refractivity contribution in [1.29, 1.82) is 0 Å². The minimum absolute atomic E-state index is 0.742. The zero-order chi connectivity index (χ0) is 11.5. The number of hydrogen-bond donors (Lipinski definition) is 1. The van der Waals surface area contributed by atoms with Gasteiger partial charge in [-0.2, -0.15) is 0 Å². The maximum Gasteiger partial charge on any atom is 0.0951 e. The van der Waals surface area contributed by atoms with Crippen LogP contribution >= 0.6 is 0 Å². The van der Waals surface area contributed by atoms with Crippen LogP contribution in [0.5, 0.6) is 0 Å². The lowest BCUT2D eigenvalue weighted by molar-refractivity contribution is 0.484. The van der Waals surface area contributed by atoms with E-state index in [2.05, 4.69) is 39.1 Å². The molecule has 0 spiro atoms. The highest BCUT2D eigenvalue weighted by Crippen LogP contribution is 2.20. The van der Waals surface area contributed by atoms with Crippen LogP contribution in [0.15, 0.2) is 42.9 Å². The summed E-state index contributed by atoms with van der Waals surface area (Å²) in [6.07, 6.45) is 5.17. The second-order valence-corrected chi connectivity index (χ2v) is 4.66. The van der Waals surface area contributed by atoms with Crippen LogP contribution in [0.1, 0.15) is 6.42 Å². The van der Waals surface area contributed by atoms with Gasteiger partial charge in [-0.15, -0.1) is 0 Å². The summed E-state index contributed by atoms with van der Waals surface area (Å²) in [6, 6.07) is 10.5. The molecule has 0 amide bonds. The van der Waals surface area contributed by atoms with Crippen LogP contribution in [-0.2, 0) is 6.54 Å². The third kappa shape index (κ3) is 2.24. The smallest absolute Gasteiger partial charge is 0.0951 e. The van der Waals surface area contributed by atoms with E-state index in [1.807, 2.05) is 18.6 Å². The van der Waals surface area contributed by atoms with Crippen LogP contribution in [0, 0.1) is 5.92 Å². The molecule has 0 saturated carbocycles. The second kappa shape index (κ2) is 4.72. The third-order valence-electron chi connectivity index (χ3n) is 3.40. The molecule has 1 aromatic heterocycles. The van der Waals surface area contributed by atoms with Crippen molar-refractivity contribution in [1.82, 2.24) is 14.9 Å². The Morgan fingerprint density at radius 1 is 1.29 bits per heavy atom. The molecule has 3 nitrogen and oxygen atoms in total. The number of imidazole rings is 1. The van der Waals surface area contributed by atoms with Crippen LogP contribution in [0.4, 0.5) is 0 Å². The van der Waals surface area contributed by atoms with Gasteiger partial charge in [0.2, 0.25) is 0 Å². The average molecular weight is 227 g/mol. The summed E-state index contributed by atoms with van der Waals surface area (Å²) in [5, 5.41) is 3.41. The van der Waals surface area contributed by atoms with Gasteiger partial charge >= 0.3 is 0 Å². The summed E-state index contributed by atoms with van der Waals surface area (Å²) in [4.78, 5) is 4.28. The van der Waals surface area contributed by atoms with Gasteiger partial charge in [-0.25, -0.2) is 4.98 Å². The van der Waals surface area contributed by atoms with Gasteiger partial charge in [-0.05, 0) is 31.0 Å². The Labute approximate surface area is 101 Å². The molecule has 2 aromatic rings. The average Bonchev–Trinajstić information content (AvgIpc) is 3.02. The predicted octanol–water partition coefficient (Wildman–Crippen LogP) is 2.16. The number of rotatable bonds is 3. The molecule has 1 unspecified atom stereocenters. The Morgan fingerprint density at radius 3 is 2.94 bits per heavy atom. The SMILES string of the molecule is c1ccc(-c2cncn2CC2CCNC2)cc1. The van der Waals surface area contributed by atoms with Gasteiger partial charge in [0.15, 0.2) is 0 Å². The molecule has 1 aromatic carbocycles. The fourth-order valence-electron chi connectivity index (χ4n) is 2.46. The first kappa shape index (κ1) is 10.5. The van der Waals surface area contributed by atoms with E-state index >= 15 is 0 Å². The Bertz CT molecular complexity index is 469. The van der Waals surface area contributed by atoms with E-state index in [0.29, 0.717) is 0 Å². The monoisotopic (exact) mass is 227 g/mol. The van der Waals surface area contributed by atoms with E-state index in [1.54, 1.807) is 0 Å². The van der Waals surface area contributed by atoms with Crippen molar-refractivity contribution in [3.63, 3.8) is 0 Å². The zero-order valence-corrected chi connectivity index (χ0v) is 9.84. The summed E-state index contributed by atoms with van der Waals surface area (Å²) in [5.41, 5.74) is 2.47. The maximum absolute atomic E-state index is 4.28. The highest BCUT2D eigenvalue weighted by molar-refractivity contribution is 5.58. The van der Waals surface area contributed by atoms with E-state index in [9.17, 15) is 0 Å². The molecule has 3 heteroatoms. The fourth-order valence-corrected chi connectivity index (χ4v) is 2.46. The first-order chi connectivity index (χ1) is 8.43. The summed E-state index contributed by atoms with van der Waals surface area (Å²) in [7, 11) is 0. The molecular weight excluding hydrogens is 210 g/mol. The molecule has 3 rings (SSSR count). The normalized spacial score (nSPS) is 19.6. The molecule has 0 bridgehead atoms. The van der Waals surface area contributed by atoms with Crippen LogP contribution in [0.2, 0.25) is 0 Å². The standard InChI is InChI=1S/C14H17N3/c1-2-4-13(5-3-1)14-9-16-11-17(14)10-12-6-7-15-8-12/h1-5,9,11-12,15H,6-8,10H2. The summed E-state index contributed by atoms with van der Waals surface area (Å²) in [5.74, 6) is 0.742. The fraction of sp³-hybridized carbons (Fsp3) is 0.357. The Balaban J connectivity index is 1.84. The number of nitrogens with one attached hydrogen (secondary N) is 1. The van der Waals surface area contributed by atoms with Crippen molar-refractivity contribution in [3.8, 4) is 11.3 Å². The molecule has 2 heterocycles. The Kier molecular flexibility index (Phi) is 2.92. The first-order valence-electron chi connectivity index (χ1n) is 6.20. The third-order valence-corrected chi connectivity index (χ3v) is 3.40. The van der Waals surface area contributed by atoms with Gasteiger partial charge in [-0.1, -0.05) is 30.3 Å². The molecule has 1 saturated heterocycles. The molecule has 17 heavy (non-hydrogen) atoms. The van der Waals surface area contributed by atoms with E-state index in [1.165, 1.54) is 17.7 Å². The molecular formula is C14H17N3. The highest BCUT2D eigenvalue weighted by Gasteiger charge is 2.16. The zero-order valence-electron chi connectivity index (χ0n) is 9.84. The van der Waals surface area contributed by atoms with E-state index in [0.717, 1.165) is 25.6 Å². The van der Waals surface area contributed by atoms with Crippen LogP contribution < -0.4 is 5.32 Å². The van der Waals surface area contributed by atoms with Crippen molar-refractivity contribution in [2.24, 2.45) is 5.92 Å². The lowest BCUT2D eigenvalue weighted by Crippen LogP contribution is -2.14. The van der Waals surface area contributed by atoms with E-state index in [4.69, 9.17) is 0 Å². The number of hydrogen-bond acceptors (Lipinski definition) is 2. The van der Waals surface area contributed by atoms with E-state index < -0.39 is 0 Å². The highest BCUT2D eigenvalue weighted by atomic mass is 15.1. The lowest BCUT2D eigenvalue weighted by atomic mass is 10.1. The number of nitrogens with zero attached hydrogens (tertiary/aromatic N) is 2. The van der Waals surface area contributed by atoms with Crippen molar-refractivity contribution >= 4 is 0 Å². The minimum Gasteiger partial charge on any atom is -0.330 e. The maximum atomic E-state index is 4.28. The topological polar surface area (TPSA) is 29.9 Å².